The summed E-state index contributed by atoms with van der Waals surface area (Å²) in [5.41, 5.74) is 0.184. The summed E-state index contributed by atoms with van der Waals surface area (Å²) < 4.78 is 54.9. The van der Waals surface area contributed by atoms with Crippen LogP contribution in [0.5, 0.6) is 0 Å². The van der Waals surface area contributed by atoms with E-state index in [0.717, 1.165) is 23.0 Å². The summed E-state index contributed by atoms with van der Waals surface area (Å²) >= 11 is 0. The van der Waals surface area contributed by atoms with Crippen molar-refractivity contribution in [1.29, 1.82) is 0 Å². The van der Waals surface area contributed by atoms with Crippen LogP contribution in [0.2, 0.25) is 0 Å². The van der Waals surface area contributed by atoms with E-state index in [2.05, 4.69) is 15.4 Å². The smallest absolute Gasteiger partial charge is 0.293 e. The third kappa shape index (κ3) is 5.20. The first-order valence-electron chi connectivity index (χ1n) is 9.03. The third-order valence-corrected chi connectivity index (χ3v) is 3.95. The van der Waals surface area contributed by atoms with Gasteiger partial charge in [-0.15, -0.1) is 0 Å². The molecule has 2 N–H and O–H groups in total. The standard InChI is InChI=1S/C18H14F4N4O2.C2H6/c1-9-2-12(19)11(8-27)5-15(9)24-18-25-16(28)6-23-26(18)7-10-3-13(20)17(22)14(21)4-10;1-2/h2-6,27H,7-8H2,1H3,(H,24,25,28);1-2H3. The largest absolute Gasteiger partial charge is 0.392 e. The Balaban J connectivity index is 0.00000155. The second-order valence-corrected chi connectivity index (χ2v) is 5.99. The summed E-state index contributed by atoms with van der Waals surface area (Å²) in [6, 6.07) is 4.13. The lowest BCUT2D eigenvalue weighted by atomic mass is 10.1. The van der Waals surface area contributed by atoms with Gasteiger partial charge in [0.25, 0.3) is 5.56 Å². The van der Waals surface area contributed by atoms with E-state index in [1.807, 2.05) is 13.8 Å². The number of anilines is 2. The molecule has 0 saturated carbocycles. The van der Waals surface area contributed by atoms with Crippen LogP contribution < -0.4 is 10.9 Å². The molecule has 0 saturated heterocycles. The van der Waals surface area contributed by atoms with Gasteiger partial charge in [-0.3, -0.25) is 4.79 Å². The topological polar surface area (TPSA) is 80.0 Å². The van der Waals surface area contributed by atoms with Crippen LogP contribution in [0.25, 0.3) is 0 Å². The van der Waals surface area contributed by atoms with Gasteiger partial charge in [-0.25, -0.2) is 22.2 Å². The van der Waals surface area contributed by atoms with Crippen LogP contribution >= 0.6 is 0 Å². The molecule has 3 aromatic rings. The highest BCUT2D eigenvalue weighted by atomic mass is 19.2. The molecule has 0 bridgehead atoms. The highest BCUT2D eigenvalue weighted by Gasteiger charge is 2.14. The van der Waals surface area contributed by atoms with Crippen LogP contribution in [0.1, 0.15) is 30.5 Å². The number of hydrogen-bond acceptors (Lipinski definition) is 5. The molecule has 0 aliphatic heterocycles. The number of aryl methyl sites for hydroxylation is 1. The molecule has 160 valence electrons. The highest BCUT2D eigenvalue weighted by molar-refractivity contribution is 5.59. The van der Waals surface area contributed by atoms with Gasteiger partial charge in [0.15, 0.2) is 17.5 Å². The minimum absolute atomic E-state index is 0.0218. The first-order chi connectivity index (χ1) is 14.3. The van der Waals surface area contributed by atoms with Crippen molar-refractivity contribution in [1.82, 2.24) is 14.8 Å². The van der Waals surface area contributed by atoms with Gasteiger partial charge in [-0.2, -0.15) is 10.1 Å². The Morgan fingerprint density at radius 3 is 2.27 bits per heavy atom. The van der Waals surface area contributed by atoms with Gasteiger partial charge in [0.05, 0.1) is 13.2 Å². The van der Waals surface area contributed by atoms with Gasteiger partial charge in [0.2, 0.25) is 5.95 Å². The van der Waals surface area contributed by atoms with E-state index < -0.39 is 35.4 Å². The Morgan fingerprint density at radius 2 is 1.67 bits per heavy atom. The molecule has 0 atom stereocenters. The maximum atomic E-state index is 13.7. The van der Waals surface area contributed by atoms with Crippen molar-refractivity contribution >= 4 is 11.6 Å². The van der Waals surface area contributed by atoms with Crippen LogP contribution in [-0.2, 0) is 13.2 Å². The number of aliphatic hydroxyl groups is 1. The SMILES string of the molecule is CC.Cc1cc(F)c(CO)cc1Nc1nc(=O)cnn1Cc1cc(F)c(F)c(F)c1. The Hall–Kier alpha value is -3.27. The fourth-order valence-electron chi connectivity index (χ4n) is 2.54. The second kappa shape index (κ2) is 9.97. The lowest BCUT2D eigenvalue weighted by Crippen LogP contribution is -2.20. The van der Waals surface area contributed by atoms with Crippen LogP contribution in [0.15, 0.2) is 35.3 Å². The summed E-state index contributed by atoms with van der Waals surface area (Å²) in [5, 5.41) is 15.9. The molecule has 30 heavy (non-hydrogen) atoms. The normalized spacial score (nSPS) is 10.4. The molecule has 0 amide bonds. The Bertz CT molecular complexity index is 1080. The van der Waals surface area contributed by atoms with E-state index in [-0.39, 0.29) is 23.6 Å². The Morgan fingerprint density at radius 1 is 1.03 bits per heavy atom. The van der Waals surface area contributed by atoms with Gasteiger partial charge >= 0.3 is 0 Å². The molecule has 1 aromatic heterocycles. The predicted octanol–water partition coefficient (Wildman–Crippen LogP) is 3.81. The van der Waals surface area contributed by atoms with Crippen LogP contribution in [-0.4, -0.2) is 19.9 Å². The summed E-state index contributed by atoms with van der Waals surface area (Å²) in [5.74, 6) is -5.00. The molecule has 10 heteroatoms. The monoisotopic (exact) mass is 424 g/mol. The molecule has 0 fully saturated rings. The van der Waals surface area contributed by atoms with E-state index in [0.29, 0.717) is 11.3 Å². The summed E-state index contributed by atoms with van der Waals surface area (Å²) in [6.07, 6.45) is 0.901. The summed E-state index contributed by atoms with van der Waals surface area (Å²) in [6.45, 7) is 4.83. The Labute approximate surface area is 169 Å². The molecule has 0 spiro atoms. The van der Waals surface area contributed by atoms with E-state index in [9.17, 15) is 27.5 Å². The summed E-state index contributed by atoms with van der Waals surface area (Å²) in [7, 11) is 0. The first kappa shape index (κ1) is 23.0. The molecule has 3 rings (SSSR count). The van der Waals surface area contributed by atoms with Gasteiger partial charge < -0.3 is 10.4 Å². The van der Waals surface area contributed by atoms with E-state index in [1.54, 1.807) is 6.92 Å². The Kier molecular flexibility index (Phi) is 7.65. The number of rotatable bonds is 5. The molecule has 0 unspecified atom stereocenters. The number of aliphatic hydroxyl groups excluding tert-OH is 1. The molecule has 2 aromatic carbocycles. The lowest BCUT2D eigenvalue weighted by molar-refractivity contribution is 0.276. The zero-order chi connectivity index (χ0) is 22.4. The van der Waals surface area contributed by atoms with Crippen LogP contribution in [0, 0.1) is 30.2 Å². The van der Waals surface area contributed by atoms with Crippen molar-refractivity contribution in [2.75, 3.05) is 5.32 Å². The average molecular weight is 424 g/mol. The van der Waals surface area contributed by atoms with Crippen molar-refractivity contribution < 1.29 is 22.7 Å². The maximum absolute atomic E-state index is 13.7. The number of nitrogens with one attached hydrogen (secondary N) is 1. The second-order valence-electron chi connectivity index (χ2n) is 5.99. The van der Waals surface area contributed by atoms with E-state index in [1.165, 1.54) is 12.1 Å². The maximum Gasteiger partial charge on any atom is 0.293 e. The molecule has 6 nitrogen and oxygen atoms in total. The fraction of sp³-hybridized carbons (Fsp3) is 0.250. The predicted molar refractivity (Wildman–Crippen MR) is 103 cm³/mol. The number of hydrogen-bond donors (Lipinski definition) is 2. The van der Waals surface area contributed by atoms with Crippen molar-refractivity contribution in [2.45, 2.75) is 33.9 Å². The zero-order valence-electron chi connectivity index (χ0n) is 16.5. The van der Waals surface area contributed by atoms with Gasteiger partial charge in [0.1, 0.15) is 12.0 Å². The number of nitrogens with zero attached hydrogens (tertiary/aromatic N) is 3. The number of aromatic nitrogens is 3. The zero-order valence-corrected chi connectivity index (χ0v) is 16.5. The highest BCUT2D eigenvalue weighted by Crippen LogP contribution is 2.23. The fourth-order valence-corrected chi connectivity index (χ4v) is 2.54. The quantitative estimate of drug-likeness (QED) is 0.481. The van der Waals surface area contributed by atoms with Gasteiger partial charge in [0, 0.05) is 11.3 Å². The molecule has 1 heterocycles. The molecule has 0 aliphatic carbocycles. The van der Waals surface area contributed by atoms with Crippen LogP contribution in [0.4, 0.5) is 29.2 Å². The molecular weight excluding hydrogens is 404 g/mol. The van der Waals surface area contributed by atoms with E-state index in [4.69, 9.17) is 0 Å². The summed E-state index contributed by atoms with van der Waals surface area (Å²) in [4.78, 5) is 15.4. The number of halogens is 4. The average Bonchev–Trinajstić information content (AvgIpc) is 2.71. The number of benzene rings is 2. The third-order valence-electron chi connectivity index (χ3n) is 3.95. The molecule has 0 aliphatic rings. The van der Waals surface area contributed by atoms with Crippen LogP contribution in [0.3, 0.4) is 0 Å². The van der Waals surface area contributed by atoms with Crippen molar-refractivity contribution in [3.05, 3.63) is 80.8 Å². The lowest BCUT2D eigenvalue weighted by Gasteiger charge is -2.15. The van der Waals surface area contributed by atoms with Gasteiger partial charge in [-0.05, 0) is 42.3 Å². The van der Waals surface area contributed by atoms with E-state index >= 15 is 0 Å². The van der Waals surface area contributed by atoms with Gasteiger partial charge in [-0.1, -0.05) is 13.8 Å². The molecular formula is C20H20F4N4O2. The minimum Gasteiger partial charge on any atom is -0.392 e. The molecule has 0 radical (unpaired) electrons. The minimum atomic E-state index is -1.59. The van der Waals surface area contributed by atoms with Crippen molar-refractivity contribution in [2.24, 2.45) is 0 Å². The first-order valence-corrected chi connectivity index (χ1v) is 9.03. The van der Waals surface area contributed by atoms with Crippen molar-refractivity contribution in [3.8, 4) is 0 Å². The van der Waals surface area contributed by atoms with Crippen molar-refractivity contribution in [3.63, 3.8) is 0 Å².